The number of carboxylic acid groups (broad SMARTS) is 1. The molecule has 1 amide bonds. The van der Waals surface area contributed by atoms with Gasteiger partial charge < -0.3 is 9.84 Å². The van der Waals surface area contributed by atoms with Crippen LogP contribution in [-0.4, -0.2) is 32.7 Å². The van der Waals surface area contributed by atoms with E-state index in [0.29, 0.717) is 11.1 Å². The van der Waals surface area contributed by atoms with Crippen LogP contribution in [0.3, 0.4) is 0 Å². The van der Waals surface area contributed by atoms with Gasteiger partial charge >= 0.3 is 22.3 Å². The Hall–Kier alpha value is -2.39. The molecule has 0 unspecified atom stereocenters. The van der Waals surface area contributed by atoms with E-state index in [4.69, 9.17) is 5.11 Å². The Bertz CT molecular complexity index is 653. The zero-order valence-corrected chi connectivity index (χ0v) is 11.9. The highest BCUT2D eigenvalue weighted by molar-refractivity contribution is 7.88. The van der Waals surface area contributed by atoms with Gasteiger partial charge in [-0.05, 0) is 17.2 Å². The van der Waals surface area contributed by atoms with E-state index in [1.54, 1.807) is 29.0 Å². The molecule has 21 heavy (non-hydrogen) atoms. The van der Waals surface area contributed by atoms with Gasteiger partial charge in [0.15, 0.2) is 0 Å². The Morgan fingerprint density at radius 2 is 2.10 bits per heavy atom. The van der Waals surface area contributed by atoms with E-state index in [1.165, 1.54) is 6.08 Å². The average Bonchev–Trinajstić information content (AvgIpc) is 2.43. The number of aliphatic carboxylic acids is 1. The van der Waals surface area contributed by atoms with Crippen LogP contribution in [0.5, 0.6) is 0 Å². The number of methoxy groups -OCH3 is 1. The number of hydrogen-bond donors (Lipinski definition) is 3. The third kappa shape index (κ3) is 6.54. The molecule has 0 aromatic heterocycles. The van der Waals surface area contributed by atoms with E-state index in [-0.39, 0.29) is 6.54 Å². The highest BCUT2D eigenvalue weighted by atomic mass is 32.2. The predicted octanol–water partition coefficient (Wildman–Crippen LogP) is 0.475. The van der Waals surface area contributed by atoms with Gasteiger partial charge in [0.2, 0.25) is 0 Å². The fourth-order valence-corrected chi connectivity index (χ4v) is 2.07. The minimum absolute atomic E-state index is 0.0684. The first-order valence-electron chi connectivity index (χ1n) is 5.67. The zero-order chi connectivity index (χ0) is 15.9. The van der Waals surface area contributed by atoms with Crippen LogP contribution < -0.4 is 9.44 Å². The molecule has 114 valence electrons. The average molecular weight is 314 g/mol. The lowest BCUT2D eigenvalue weighted by Crippen LogP contribution is -2.39. The summed E-state index contributed by atoms with van der Waals surface area (Å²) in [5.74, 6) is -1.08. The van der Waals surface area contributed by atoms with Gasteiger partial charge in [0.1, 0.15) is 0 Å². The van der Waals surface area contributed by atoms with Gasteiger partial charge in [-0.1, -0.05) is 24.3 Å². The number of amides is 1. The first kappa shape index (κ1) is 16.7. The molecular weight excluding hydrogens is 300 g/mol. The monoisotopic (exact) mass is 314 g/mol. The van der Waals surface area contributed by atoms with Crippen molar-refractivity contribution in [2.45, 2.75) is 6.54 Å². The number of nitrogens with one attached hydrogen (secondary N) is 2. The summed E-state index contributed by atoms with van der Waals surface area (Å²) in [5.41, 5.74) is 1.20. The van der Waals surface area contributed by atoms with Gasteiger partial charge in [0.05, 0.1) is 7.11 Å². The SMILES string of the molecule is COC(=O)NS(=O)(=O)NCc1cccc(/C=C/C(=O)O)c1. The first-order valence-corrected chi connectivity index (χ1v) is 7.16. The second kappa shape index (κ2) is 7.41. The molecule has 0 aliphatic rings. The van der Waals surface area contributed by atoms with Crippen molar-refractivity contribution in [3.8, 4) is 0 Å². The van der Waals surface area contributed by atoms with Crippen LogP contribution in [0.2, 0.25) is 0 Å². The molecule has 1 rings (SSSR count). The molecular formula is C12H14N2O6S. The van der Waals surface area contributed by atoms with E-state index in [1.807, 2.05) is 0 Å². The maximum Gasteiger partial charge on any atom is 0.421 e. The lowest BCUT2D eigenvalue weighted by Gasteiger charge is -2.07. The summed E-state index contributed by atoms with van der Waals surface area (Å²) in [5, 5.41) is 8.53. The number of benzene rings is 1. The molecule has 0 aliphatic carbocycles. The molecule has 0 saturated heterocycles. The van der Waals surface area contributed by atoms with E-state index >= 15 is 0 Å². The first-order chi connectivity index (χ1) is 9.82. The minimum atomic E-state index is -4.02. The molecule has 0 aliphatic heterocycles. The van der Waals surface area contributed by atoms with Gasteiger partial charge in [-0.3, -0.25) is 0 Å². The molecule has 0 heterocycles. The van der Waals surface area contributed by atoms with Crippen LogP contribution in [0.1, 0.15) is 11.1 Å². The van der Waals surface area contributed by atoms with Crippen LogP contribution in [-0.2, 0) is 26.3 Å². The lowest BCUT2D eigenvalue weighted by molar-refractivity contribution is -0.131. The predicted molar refractivity (Wildman–Crippen MR) is 74.4 cm³/mol. The Morgan fingerprint density at radius 3 is 2.71 bits per heavy atom. The van der Waals surface area contributed by atoms with E-state index < -0.39 is 22.3 Å². The molecule has 0 radical (unpaired) electrons. The topological polar surface area (TPSA) is 122 Å². The van der Waals surface area contributed by atoms with Crippen LogP contribution in [0.15, 0.2) is 30.3 Å². The van der Waals surface area contributed by atoms with Gasteiger partial charge in [0, 0.05) is 12.6 Å². The molecule has 0 fully saturated rings. The number of hydrogen-bond acceptors (Lipinski definition) is 5. The van der Waals surface area contributed by atoms with Crippen molar-refractivity contribution in [3.05, 3.63) is 41.5 Å². The summed E-state index contributed by atoms with van der Waals surface area (Å²) < 4.78 is 30.9. The maximum atomic E-state index is 11.5. The second-order valence-corrected chi connectivity index (χ2v) is 5.33. The Balaban J connectivity index is 2.69. The van der Waals surface area contributed by atoms with E-state index in [9.17, 15) is 18.0 Å². The van der Waals surface area contributed by atoms with Crippen molar-refractivity contribution in [3.63, 3.8) is 0 Å². The molecule has 0 saturated carbocycles. The summed E-state index contributed by atoms with van der Waals surface area (Å²) in [6.07, 6.45) is 1.26. The molecule has 0 bridgehead atoms. The summed E-state index contributed by atoms with van der Waals surface area (Å²) in [6, 6.07) is 6.59. The lowest BCUT2D eigenvalue weighted by atomic mass is 10.1. The molecule has 0 spiro atoms. The Morgan fingerprint density at radius 1 is 1.38 bits per heavy atom. The highest BCUT2D eigenvalue weighted by Gasteiger charge is 2.13. The molecule has 0 atom stereocenters. The number of carbonyl (C=O) groups excluding carboxylic acids is 1. The normalized spacial score (nSPS) is 11.3. The zero-order valence-electron chi connectivity index (χ0n) is 11.1. The molecule has 1 aromatic carbocycles. The minimum Gasteiger partial charge on any atom is -0.478 e. The van der Waals surface area contributed by atoms with Crippen molar-refractivity contribution in [1.82, 2.24) is 9.44 Å². The summed E-state index contributed by atoms with van der Waals surface area (Å²) in [4.78, 5) is 21.2. The molecule has 3 N–H and O–H groups in total. The van der Waals surface area contributed by atoms with Crippen LogP contribution >= 0.6 is 0 Å². The van der Waals surface area contributed by atoms with Crippen molar-refractivity contribution in [2.24, 2.45) is 0 Å². The van der Waals surface area contributed by atoms with Crippen molar-refractivity contribution in [2.75, 3.05) is 7.11 Å². The Labute approximate surface area is 121 Å². The maximum absolute atomic E-state index is 11.5. The number of carboxylic acids is 1. The molecule has 9 heteroatoms. The fourth-order valence-electron chi connectivity index (χ4n) is 1.34. The van der Waals surface area contributed by atoms with Gasteiger partial charge in [-0.15, -0.1) is 0 Å². The number of ether oxygens (including phenoxy) is 1. The fraction of sp³-hybridized carbons (Fsp3) is 0.167. The van der Waals surface area contributed by atoms with E-state index in [2.05, 4.69) is 9.46 Å². The van der Waals surface area contributed by atoms with Gasteiger partial charge in [-0.25, -0.2) is 14.3 Å². The number of rotatable bonds is 6. The highest BCUT2D eigenvalue weighted by Crippen LogP contribution is 2.07. The summed E-state index contributed by atoms with van der Waals surface area (Å²) >= 11 is 0. The van der Waals surface area contributed by atoms with Crippen molar-refractivity contribution < 1.29 is 27.9 Å². The van der Waals surface area contributed by atoms with E-state index in [0.717, 1.165) is 13.2 Å². The summed E-state index contributed by atoms with van der Waals surface area (Å²) in [7, 11) is -2.97. The third-order valence-corrected chi connectivity index (χ3v) is 3.20. The third-order valence-electron chi connectivity index (χ3n) is 2.24. The molecule has 1 aromatic rings. The van der Waals surface area contributed by atoms with Crippen LogP contribution in [0.25, 0.3) is 6.08 Å². The Kier molecular flexibility index (Phi) is 5.88. The van der Waals surface area contributed by atoms with Gasteiger partial charge in [0.25, 0.3) is 0 Å². The standard InChI is InChI=1S/C12H14N2O6S/c1-20-12(17)14-21(18,19)13-8-10-4-2-3-9(7-10)5-6-11(15)16/h2-7,13H,8H2,1H3,(H,14,17)(H,15,16)/b6-5+. The van der Waals surface area contributed by atoms with Crippen molar-refractivity contribution >= 4 is 28.3 Å². The second-order valence-electron chi connectivity index (χ2n) is 3.83. The number of carbonyl (C=O) groups is 2. The van der Waals surface area contributed by atoms with Crippen LogP contribution in [0.4, 0.5) is 4.79 Å². The van der Waals surface area contributed by atoms with Crippen molar-refractivity contribution in [1.29, 1.82) is 0 Å². The molecule has 8 nitrogen and oxygen atoms in total. The smallest absolute Gasteiger partial charge is 0.421 e. The van der Waals surface area contributed by atoms with Gasteiger partial charge in [-0.2, -0.15) is 13.1 Å². The summed E-state index contributed by atoms with van der Waals surface area (Å²) in [6.45, 7) is -0.0684. The largest absolute Gasteiger partial charge is 0.478 e. The van der Waals surface area contributed by atoms with Crippen LogP contribution in [0, 0.1) is 0 Å². The quantitative estimate of drug-likeness (QED) is 0.656.